The van der Waals surface area contributed by atoms with E-state index in [1.807, 2.05) is 11.8 Å². The van der Waals surface area contributed by atoms with E-state index in [2.05, 4.69) is 5.16 Å². The van der Waals surface area contributed by atoms with Gasteiger partial charge in [0.05, 0.1) is 6.20 Å². The number of piperidine rings is 1. The minimum absolute atomic E-state index is 0.00843. The third kappa shape index (κ3) is 2.49. The number of hydrogen-bond donors (Lipinski definition) is 1. The molecule has 1 aliphatic heterocycles. The Labute approximate surface area is 101 Å². The molecule has 0 spiro atoms. The van der Waals surface area contributed by atoms with Crippen LogP contribution in [0.25, 0.3) is 0 Å². The molecule has 1 aromatic heterocycles. The van der Waals surface area contributed by atoms with Gasteiger partial charge in [-0.05, 0) is 32.6 Å². The van der Waals surface area contributed by atoms with Gasteiger partial charge in [0.25, 0.3) is 5.91 Å². The number of carbonyl (C=O) groups is 1. The Kier molecular flexibility index (Phi) is 3.47. The molecule has 2 N–H and O–H groups in total. The molecule has 1 amide bonds. The second-order valence-electron chi connectivity index (χ2n) is 4.81. The van der Waals surface area contributed by atoms with Gasteiger partial charge in [-0.1, -0.05) is 5.16 Å². The van der Waals surface area contributed by atoms with Crippen molar-refractivity contribution in [3.63, 3.8) is 0 Å². The number of nitrogens with two attached hydrogens (primary N) is 1. The molecule has 1 fully saturated rings. The second-order valence-corrected chi connectivity index (χ2v) is 4.81. The Balaban J connectivity index is 2.07. The normalized spacial score (nSPS) is 22.5. The zero-order valence-electron chi connectivity index (χ0n) is 10.3. The molecule has 5 heteroatoms. The highest BCUT2D eigenvalue weighted by Crippen LogP contribution is 2.21. The first-order valence-electron chi connectivity index (χ1n) is 6.05. The van der Waals surface area contributed by atoms with Crippen LogP contribution in [0.1, 0.15) is 35.9 Å². The molecule has 0 saturated carbocycles. The monoisotopic (exact) mass is 237 g/mol. The molecule has 2 atom stereocenters. The first-order valence-corrected chi connectivity index (χ1v) is 6.05. The third-order valence-corrected chi connectivity index (χ3v) is 3.47. The molecule has 1 aromatic rings. The zero-order valence-corrected chi connectivity index (χ0v) is 10.3. The summed E-state index contributed by atoms with van der Waals surface area (Å²) in [5.74, 6) is 0.986. The fourth-order valence-electron chi connectivity index (χ4n) is 2.30. The largest absolute Gasteiger partial charge is 0.361 e. The molecule has 1 aliphatic rings. The number of rotatable bonds is 2. The summed E-state index contributed by atoms with van der Waals surface area (Å²) in [5.41, 5.74) is 6.47. The lowest BCUT2D eigenvalue weighted by Crippen LogP contribution is -2.45. The van der Waals surface area contributed by atoms with Gasteiger partial charge in [0.2, 0.25) is 0 Å². The topological polar surface area (TPSA) is 72.4 Å². The first-order chi connectivity index (χ1) is 8.09. The molecular weight excluding hydrogens is 218 g/mol. The molecule has 94 valence electrons. The van der Waals surface area contributed by atoms with Crippen LogP contribution in [-0.4, -0.2) is 35.1 Å². The van der Waals surface area contributed by atoms with Crippen molar-refractivity contribution in [3.8, 4) is 0 Å². The average Bonchev–Trinajstić information content (AvgIpc) is 2.74. The van der Waals surface area contributed by atoms with Crippen molar-refractivity contribution >= 4 is 5.91 Å². The van der Waals surface area contributed by atoms with Gasteiger partial charge in [-0.3, -0.25) is 4.79 Å². The molecule has 2 rings (SSSR count). The predicted molar refractivity (Wildman–Crippen MR) is 63.5 cm³/mol. The Morgan fingerprint density at radius 3 is 3.06 bits per heavy atom. The van der Waals surface area contributed by atoms with E-state index in [1.54, 1.807) is 6.92 Å². The second kappa shape index (κ2) is 4.87. The van der Waals surface area contributed by atoms with Gasteiger partial charge < -0.3 is 15.2 Å². The fourth-order valence-corrected chi connectivity index (χ4v) is 2.30. The van der Waals surface area contributed by atoms with Gasteiger partial charge in [-0.25, -0.2) is 0 Å². The summed E-state index contributed by atoms with van der Waals surface area (Å²) in [7, 11) is 0. The van der Waals surface area contributed by atoms with Crippen LogP contribution in [0.2, 0.25) is 0 Å². The molecule has 2 unspecified atom stereocenters. The van der Waals surface area contributed by atoms with Crippen molar-refractivity contribution in [1.82, 2.24) is 10.1 Å². The van der Waals surface area contributed by atoms with Crippen LogP contribution < -0.4 is 5.73 Å². The Hall–Kier alpha value is -1.36. The average molecular weight is 237 g/mol. The predicted octanol–water partition coefficient (Wildman–Crippen LogP) is 1.18. The van der Waals surface area contributed by atoms with E-state index >= 15 is 0 Å². The Morgan fingerprint density at radius 2 is 2.47 bits per heavy atom. The van der Waals surface area contributed by atoms with Crippen LogP contribution in [0.5, 0.6) is 0 Å². The molecule has 0 aromatic carbocycles. The van der Waals surface area contributed by atoms with E-state index in [9.17, 15) is 4.79 Å². The van der Waals surface area contributed by atoms with Gasteiger partial charge in [-0.2, -0.15) is 0 Å². The number of nitrogens with zero attached hydrogens (tertiary/aromatic N) is 2. The summed E-state index contributed by atoms with van der Waals surface area (Å²) in [6, 6.07) is 0.133. The van der Waals surface area contributed by atoms with Gasteiger partial charge >= 0.3 is 0 Å². The lowest BCUT2D eigenvalue weighted by Gasteiger charge is -2.34. The van der Waals surface area contributed by atoms with E-state index in [1.165, 1.54) is 6.20 Å². The minimum atomic E-state index is 0.00843. The lowest BCUT2D eigenvalue weighted by atomic mass is 9.92. The van der Waals surface area contributed by atoms with E-state index < -0.39 is 0 Å². The van der Waals surface area contributed by atoms with Crippen molar-refractivity contribution in [2.24, 2.45) is 11.7 Å². The summed E-state index contributed by atoms with van der Waals surface area (Å²) in [6.45, 7) is 5.30. The highest BCUT2D eigenvalue weighted by molar-refractivity contribution is 5.94. The third-order valence-electron chi connectivity index (χ3n) is 3.47. The maximum atomic E-state index is 12.2. The molecular formula is C12H19N3O2. The first kappa shape index (κ1) is 12.1. The number of hydrogen-bond acceptors (Lipinski definition) is 4. The molecule has 5 nitrogen and oxygen atoms in total. The number of amides is 1. The minimum Gasteiger partial charge on any atom is -0.361 e. The van der Waals surface area contributed by atoms with Crippen molar-refractivity contribution < 1.29 is 9.32 Å². The highest BCUT2D eigenvalue weighted by atomic mass is 16.5. The van der Waals surface area contributed by atoms with Crippen molar-refractivity contribution in [1.29, 1.82) is 0 Å². The molecule has 2 heterocycles. The van der Waals surface area contributed by atoms with Crippen molar-refractivity contribution in [2.75, 3.05) is 13.1 Å². The Bertz CT molecular complexity index is 400. The number of likely N-dealkylation sites (tertiary alicyclic amines) is 1. The maximum Gasteiger partial charge on any atom is 0.259 e. The van der Waals surface area contributed by atoms with Crippen LogP contribution in [0.15, 0.2) is 10.7 Å². The number of aromatic nitrogens is 1. The van der Waals surface area contributed by atoms with Crippen LogP contribution in [0, 0.1) is 12.8 Å². The summed E-state index contributed by atoms with van der Waals surface area (Å²) in [5, 5.41) is 3.64. The summed E-state index contributed by atoms with van der Waals surface area (Å²) >= 11 is 0. The standard InChI is InChI=1S/C12H19N3O2/c1-8(13)10-4-3-5-15(7-10)12(16)11-6-14-17-9(11)2/h6,8,10H,3-5,7,13H2,1-2H3. The van der Waals surface area contributed by atoms with E-state index in [4.69, 9.17) is 10.3 Å². The molecule has 1 saturated heterocycles. The molecule has 0 aliphatic carbocycles. The van der Waals surface area contributed by atoms with Gasteiger partial charge in [0, 0.05) is 19.1 Å². The number of carbonyl (C=O) groups excluding carboxylic acids is 1. The van der Waals surface area contributed by atoms with Gasteiger partial charge in [-0.15, -0.1) is 0 Å². The van der Waals surface area contributed by atoms with Crippen LogP contribution in [0.4, 0.5) is 0 Å². The Morgan fingerprint density at radius 1 is 1.71 bits per heavy atom. The van der Waals surface area contributed by atoms with E-state index in [-0.39, 0.29) is 11.9 Å². The summed E-state index contributed by atoms with van der Waals surface area (Å²) in [6.07, 6.45) is 3.61. The summed E-state index contributed by atoms with van der Waals surface area (Å²) < 4.78 is 4.93. The van der Waals surface area contributed by atoms with Crippen molar-refractivity contribution in [3.05, 3.63) is 17.5 Å². The van der Waals surface area contributed by atoms with Crippen molar-refractivity contribution in [2.45, 2.75) is 32.7 Å². The molecule has 0 radical (unpaired) electrons. The quantitative estimate of drug-likeness (QED) is 0.838. The van der Waals surface area contributed by atoms with Crippen LogP contribution in [-0.2, 0) is 0 Å². The lowest BCUT2D eigenvalue weighted by molar-refractivity contribution is 0.0659. The van der Waals surface area contributed by atoms with Gasteiger partial charge in [0.15, 0.2) is 0 Å². The SMILES string of the molecule is Cc1oncc1C(=O)N1CCCC(C(C)N)C1. The van der Waals surface area contributed by atoms with E-state index in [0.29, 0.717) is 17.2 Å². The van der Waals surface area contributed by atoms with Crippen LogP contribution in [0.3, 0.4) is 0 Å². The molecule has 17 heavy (non-hydrogen) atoms. The highest BCUT2D eigenvalue weighted by Gasteiger charge is 2.28. The fraction of sp³-hybridized carbons (Fsp3) is 0.667. The van der Waals surface area contributed by atoms with Gasteiger partial charge in [0.1, 0.15) is 11.3 Å². The smallest absolute Gasteiger partial charge is 0.259 e. The van der Waals surface area contributed by atoms with Crippen LogP contribution >= 0.6 is 0 Å². The maximum absolute atomic E-state index is 12.2. The summed E-state index contributed by atoms with van der Waals surface area (Å²) in [4.78, 5) is 14.1. The van der Waals surface area contributed by atoms with E-state index in [0.717, 1.165) is 25.9 Å². The number of aryl methyl sites for hydroxylation is 1. The zero-order chi connectivity index (χ0) is 12.4. The molecule has 0 bridgehead atoms.